The highest BCUT2D eigenvalue weighted by Gasteiger charge is 2.33. The standard InChI is InChI=1S/C15H20N2O3/c1-5-15(6-2,19-4)14-16-13(20-17-14)11-7-8-12(18)10(3)9-11/h7-9,18H,5-6H2,1-4H3. The molecule has 1 aromatic carbocycles. The first kappa shape index (κ1) is 14.5. The Labute approximate surface area is 118 Å². The summed E-state index contributed by atoms with van der Waals surface area (Å²) < 4.78 is 10.9. The normalized spacial score (nSPS) is 11.8. The third-order valence-electron chi connectivity index (χ3n) is 3.81. The van der Waals surface area contributed by atoms with Crippen LogP contribution in [-0.2, 0) is 10.3 Å². The van der Waals surface area contributed by atoms with E-state index in [4.69, 9.17) is 9.26 Å². The van der Waals surface area contributed by atoms with Crippen LogP contribution in [0.2, 0.25) is 0 Å². The van der Waals surface area contributed by atoms with Gasteiger partial charge in [-0.15, -0.1) is 0 Å². The average Bonchev–Trinajstić information content (AvgIpc) is 2.95. The second-order valence-corrected chi connectivity index (χ2v) is 4.83. The number of benzene rings is 1. The lowest BCUT2D eigenvalue weighted by molar-refractivity contribution is -0.0306. The SMILES string of the molecule is CCC(CC)(OC)c1noc(-c2ccc(O)c(C)c2)n1. The third-order valence-corrected chi connectivity index (χ3v) is 3.81. The zero-order chi connectivity index (χ0) is 14.8. The van der Waals surface area contributed by atoms with Gasteiger partial charge in [0, 0.05) is 12.7 Å². The number of aryl methyl sites for hydroxylation is 1. The maximum Gasteiger partial charge on any atom is 0.258 e. The van der Waals surface area contributed by atoms with Crippen molar-refractivity contribution in [2.24, 2.45) is 0 Å². The van der Waals surface area contributed by atoms with Gasteiger partial charge in [-0.2, -0.15) is 4.98 Å². The number of nitrogens with zero attached hydrogens (tertiary/aromatic N) is 2. The van der Waals surface area contributed by atoms with Crippen LogP contribution < -0.4 is 0 Å². The van der Waals surface area contributed by atoms with Crippen molar-refractivity contribution in [3.63, 3.8) is 0 Å². The molecule has 1 heterocycles. The third kappa shape index (κ3) is 2.41. The van der Waals surface area contributed by atoms with Gasteiger partial charge in [0.05, 0.1) is 0 Å². The van der Waals surface area contributed by atoms with E-state index in [0.717, 1.165) is 24.0 Å². The molecule has 1 N–H and O–H groups in total. The van der Waals surface area contributed by atoms with Crippen LogP contribution in [0.15, 0.2) is 22.7 Å². The van der Waals surface area contributed by atoms with Gasteiger partial charge >= 0.3 is 0 Å². The van der Waals surface area contributed by atoms with Crippen molar-refractivity contribution in [3.8, 4) is 17.2 Å². The van der Waals surface area contributed by atoms with Crippen LogP contribution in [0, 0.1) is 6.92 Å². The van der Waals surface area contributed by atoms with Gasteiger partial charge in [-0.1, -0.05) is 19.0 Å². The zero-order valence-electron chi connectivity index (χ0n) is 12.3. The van der Waals surface area contributed by atoms with Crippen LogP contribution in [0.5, 0.6) is 5.75 Å². The summed E-state index contributed by atoms with van der Waals surface area (Å²) in [5.74, 6) is 1.25. The minimum Gasteiger partial charge on any atom is -0.508 e. The predicted octanol–water partition coefficient (Wildman–Crippen LogP) is 3.41. The van der Waals surface area contributed by atoms with Crippen LogP contribution in [-0.4, -0.2) is 22.4 Å². The molecule has 0 bridgehead atoms. The predicted molar refractivity (Wildman–Crippen MR) is 75.4 cm³/mol. The summed E-state index contributed by atoms with van der Waals surface area (Å²) in [6.45, 7) is 5.90. The zero-order valence-corrected chi connectivity index (χ0v) is 12.3. The molecule has 2 rings (SSSR count). The van der Waals surface area contributed by atoms with Gasteiger partial charge in [0.25, 0.3) is 5.89 Å². The van der Waals surface area contributed by atoms with Crippen LogP contribution in [0.3, 0.4) is 0 Å². The highest BCUT2D eigenvalue weighted by Crippen LogP contribution is 2.32. The first-order valence-electron chi connectivity index (χ1n) is 6.75. The Morgan fingerprint density at radius 2 is 2.00 bits per heavy atom. The molecular formula is C15H20N2O3. The fourth-order valence-electron chi connectivity index (χ4n) is 2.26. The van der Waals surface area contributed by atoms with Gasteiger partial charge in [-0.3, -0.25) is 0 Å². The molecule has 0 radical (unpaired) electrons. The molecule has 5 nitrogen and oxygen atoms in total. The van der Waals surface area contributed by atoms with Crippen molar-refractivity contribution >= 4 is 0 Å². The molecule has 0 saturated heterocycles. The molecule has 1 aromatic heterocycles. The average molecular weight is 276 g/mol. The minimum atomic E-state index is -0.506. The number of aromatic hydroxyl groups is 1. The molecule has 0 aliphatic heterocycles. The first-order valence-corrected chi connectivity index (χ1v) is 6.75. The summed E-state index contributed by atoms with van der Waals surface area (Å²) in [5.41, 5.74) is 1.05. The summed E-state index contributed by atoms with van der Waals surface area (Å²) in [6.07, 6.45) is 1.54. The van der Waals surface area contributed by atoms with Crippen molar-refractivity contribution in [2.75, 3.05) is 7.11 Å². The van der Waals surface area contributed by atoms with Crippen LogP contribution in [0.25, 0.3) is 11.5 Å². The van der Waals surface area contributed by atoms with E-state index < -0.39 is 5.60 Å². The second-order valence-electron chi connectivity index (χ2n) is 4.83. The van der Waals surface area contributed by atoms with Crippen molar-refractivity contribution in [2.45, 2.75) is 39.2 Å². The van der Waals surface area contributed by atoms with E-state index in [2.05, 4.69) is 10.1 Å². The topological polar surface area (TPSA) is 68.4 Å². The highest BCUT2D eigenvalue weighted by molar-refractivity contribution is 5.56. The van der Waals surface area contributed by atoms with E-state index in [1.165, 1.54) is 0 Å². The van der Waals surface area contributed by atoms with E-state index >= 15 is 0 Å². The Kier molecular flexibility index (Phi) is 4.09. The molecular weight excluding hydrogens is 256 g/mol. The van der Waals surface area contributed by atoms with E-state index in [9.17, 15) is 5.11 Å². The summed E-state index contributed by atoms with van der Waals surface area (Å²) in [7, 11) is 1.66. The number of phenolic OH excluding ortho intramolecular Hbond substituents is 1. The number of phenols is 1. The van der Waals surface area contributed by atoms with Crippen LogP contribution >= 0.6 is 0 Å². The molecule has 0 aliphatic carbocycles. The van der Waals surface area contributed by atoms with E-state index in [1.54, 1.807) is 19.2 Å². The number of hydrogen-bond acceptors (Lipinski definition) is 5. The molecule has 5 heteroatoms. The number of methoxy groups -OCH3 is 1. The lowest BCUT2D eigenvalue weighted by atomic mass is 9.96. The molecule has 0 aliphatic rings. The van der Waals surface area contributed by atoms with Gasteiger partial charge in [0.2, 0.25) is 5.82 Å². The lowest BCUT2D eigenvalue weighted by Gasteiger charge is -2.25. The van der Waals surface area contributed by atoms with Crippen molar-refractivity contribution < 1.29 is 14.4 Å². The Bertz CT molecular complexity index is 580. The maximum absolute atomic E-state index is 9.55. The van der Waals surface area contributed by atoms with Gasteiger partial charge in [-0.25, -0.2) is 0 Å². The molecule has 20 heavy (non-hydrogen) atoms. The monoisotopic (exact) mass is 276 g/mol. The largest absolute Gasteiger partial charge is 0.508 e. The quantitative estimate of drug-likeness (QED) is 0.906. The highest BCUT2D eigenvalue weighted by atomic mass is 16.5. The smallest absolute Gasteiger partial charge is 0.258 e. The molecule has 108 valence electrons. The molecule has 2 aromatic rings. The molecule has 0 saturated carbocycles. The number of hydrogen-bond donors (Lipinski definition) is 1. The van der Waals surface area contributed by atoms with E-state index in [0.29, 0.717) is 11.7 Å². The van der Waals surface area contributed by atoms with Crippen molar-refractivity contribution in [3.05, 3.63) is 29.6 Å². The summed E-state index contributed by atoms with van der Waals surface area (Å²) in [6, 6.07) is 5.20. The van der Waals surface area contributed by atoms with Crippen LogP contribution in [0.1, 0.15) is 38.1 Å². The van der Waals surface area contributed by atoms with Crippen molar-refractivity contribution in [1.82, 2.24) is 10.1 Å². The number of rotatable bonds is 5. The van der Waals surface area contributed by atoms with Gasteiger partial charge < -0.3 is 14.4 Å². The molecule has 0 unspecified atom stereocenters. The molecule has 0 amide bonds. The lowest BCUT2D eigenvalue weighted by Crippen LogP contribution is -2.28. The van der Waals surface area contributed by atoms with E-state index in [-0.39, 0.29) is 5.75 Å². The number of ether oxygens (including phenoxy) is 1. The summed E-state index contributed by atoms with van der Waals surface area (Å²) in [5, 5.41) is 13.6. The molecule has 0 fully saturated rings. The molecule has 0 atom stereocenters. The van der Waals surface area contributed by atoms with Crippen LogP contribution in [0.4, 0.5) is 0 Å². The minimum absolute atomic E-state index is 0.252. The fourth-order valence-corrected chi connectivity index (χ4v) is 2.26. The van der Waals surface area contributed by atoms with Crippen molar-refractivity contribution in [1.29, 1.82) is 0 Å². The molecule has 0 spiro atoms. The fraction of sp³-hybridized carbons (Fsp3) is 0.467. The number of aromatic nitrogens is 2. The Morgan fingerprint density at radius 3 is 2.55 bits per heavy atom. The summed E-state index contributed by atoms with van der Waals surface area (Å²) >= 11 is 0. The van der Waals surface area contributed by atoms with E-state index in [1.807, 2.05) is 26.8 Å². The Hall–Kier alpha value is -1.88. The van der Waals surface area contributed by atoms with Gasteiger partial charge in [-0.05, 0) is 43.5 Å². The van der Waals surface area contributed by atoms with Gasteiger partial charge in [0.1, 0.15) is 11.4 Å². The Morgan fingerprint density at radius 1 is 1.30 bits per heavy atom. The second kappa shape index (κ2) is 5.63. The van der Waals surface area contributed by atoms with Gasteiger partial charge in [0.15, 0.2) is 0 Å². The Balaban J connectivity index is 2.39. The maximum atomic E-state index is 9.55. The summed E-state index contributed by atoms with van der Waals surface area (Å²) in [4.78, 5) is 4.45. The first-order chi connectivity index (χ1) is 9.56.